The fourth-order valence-corrected chi connectivity index (χ4v) is 1.22. The molecule has 0 amide bonds. The number of hydrogen-bond acceptors (Lipinski definition) is 2. The third kappa shape index (κ3) is 3.90. The topological polar surface area (TPSA) is 38.9 Å². The summed E-state index contributed by atoms with van der Waals surface area (Å²) in [5.41, 5.74) is 7.93. The van der Waals surface area contributed by atoms with Gasteiger partial charge >= 0.3 is 0 Å². The quantitative estimate of drug-likeness (QED) is 0.780. The van der Waals surface area contributed by atoms with Crippen LogP contribution in [-0.2, 0) is 0 Å². The van der Waals surface area contributed by atoms with Crippen molar-refractivity contribution in [2.75, 3.05) is 0 Å². The molecule has 3 heteroatoms. The van der Waals surface area contributed by atoms with Gasteiger partial charge in [0.15, 0.2) is 0 Å². The molecule has 0 bridgehead atoms. The molecule has 0 saturated heterocycles. The van der Waals surface area contributed by atoms with E-state index in [0.29, 0.717) is 0 Å². The first-order valence-electron chi connectivity index (χ1n) is 4.54. The molecule has 0 aromatic carbocycles. The number of nitrogens with two attached hydrogens (primary N) is 1. The molecule has 0 aliphatic heterocycles. The monoisotopic (exact) mass is 212 g/mol. The molecule has 0 radical (unpaired) electrons. The van der Waals surface area contributed by atoms with Crippen LogP contribution in [0.15, 0.2) is 30.9 Å². The Hall–Kier alpha value is -0.860. The van der Waals surface area contributed by atoms with E-state index in [9.17, 15) is 0 Å². The number of hydrogen-bond donors (Lipinski definition) is 1. The van der Waals surface area contributed by atoms with Gasteiger partial charge in [0.2, 0.25) is 0 Å². The summed E-state index contributed by atoms with van der Waals surface area (Å²) in [6, 6.07) is 5.98. The summed E-state index contributed by atoms with van der Waals surface area (Å²) in [5.74, 6) is 0. The minimum atomic E-state index is 0. The minimum absolute atomic E-state index is 0. The molecule has 1 aromatic rings. The van der Waals surface area contributed by atoms with Gasteiger partial charge in [0.05, 0.1) is 5.69 Å². The van der Waals surface area contributed by atoms with Crippen LogP contribution in [0.2, 0.25) is 0 Å². The lowest BCUT2D eigenvalue weighted by Crippen LogP contribution is -2.11. The van der Waals surface area contributed by atoms with E-state index >= 15 is 0 Å². The first-order valence-corrected chi connectivity index (χ1v) is 4.54. The SMILES string of the molecule is C=CCC[C@@H](N)c1cccc(C)n1.Cl. The molecule has 14 heavy (non-hydrogen) atoms. The van der Waals surface area contributed by atoms with Gasteiger partial charge in [0.25, 0.3) is 0 Å². The van der Waals surface area contributed by atoms with E-state index in [1.165, 1.54) is 0 Å². The second-order valence-electron chi connectivity index (χ2n) is 3.18. The van der Waals surface area contributed by atoms with Gasteiger partial charge < -0.3 is 5.73 Å². The molecule has 1 rings (SSSR count). The summed E-state index contributed by atoms with van der Waals surface area (Å²) in [6.45, 7) is 5.64. The van der Waals surface area contributed by atoms with Crippen molar-refractivity contribution >= 4 is 12.4 Å². The highest BCUT2D eigenvalue weighted by atomic mass is 35.5. The molecule has 2 nitrogen and oxygen atoms in total. The van der Waals surface area contributed by atoms with Crippen LogP contribution in [-0.4, -0.2) is 4.98 Å². The Balaban J connectivity index is 0.00000169. The minimum Gasteiger partial charge on any atom is -0.323 e. The zero-order chi connectivity index (χ0) is 9.68. The zero-order valence-corrected chi connectivity index (χ0v) is 9.26. The Morgan fingerprint density at radius 2 is 2.29 bits per heavy atom. The van der Waals surface area contributed by atoms with Gasteiger partial charge in [-0.25, -0.2) is 0 Å². The maximum Gasteiger partial charge on any atom is 0.0574 e. The molecule has 2 N–H and O–H groups in total. The molecule has 1 atom stereocenters. The fourth-order valence-electron chi connectivity index (χ4n) is 1.22. The van der Waals surface area contributed by atoms with Crippen molar-refractivity contribution in [2.24, 2.45) is 5.73 Å². The third-order valence-electron chi connectivity index (χ3n) is 1.97. The van der Waals surface area contributed by atoms with Gasteiger partial charge in [-0.05, 0) is 31.9 Å². The number of allylic oxidation sites excluding steroid dienone is 1. The van der Waals surface area contributed by atoms with Crippen molar-refractivity contribution in [2.45, 2.75) is 25.8 Å². The van der Waals surface area contributed by atoms with Crippen LogP contribution in [0.5, 0.6) is 0 Å². The van der Waals surface area contributed by atoms with E-state index in [4.69, 9.17) is 5.73 Å². The maximum atomic E-state index is 5.94. The number of nitrogens with zero attached hydrogens (tertiary/aromatic N) is 1. The van der Waals surface area contributed by atoms with Crippen molar-refractivity contribution < 1.29 is 0 Å². The first kappa shape index (κ1) is 13.1. The summed E-state index contributed by atoms with van der Waals surface area (Å²) >= 11 is 0. The first-order chi connectivity index (χ1) is 6.24. The summed E-state index contributed by atoms with van der Waals surface area (Å²) in [7, 11) is 0. The number of aryl methyl sites for hydroxylation is 1. The van der Waals surface area contributed by atoms with Gasteiger partial charge in [0.1, 0.15) is 0 Å². The maximum absolute atomic E-state index is 5.94. The zero-order valence-electron chi connectivity index (χ0n) is 8.44. The number of halogens is 1. The lowest BCUT2D eigenvalue weighted by Gasteiger charge is -2.09. The summed E-state index contributed by atoms with van der Waals surface area (Å²) < 4.78 is 0. The second kappa shape index (κ2) is 6.57. The van der Waals surface area contributed by atoms with Crippen molar-refractivity contribution in [1.29, 1.82) is 0 Å². The van der Waals surface area contributed by atoms with Crippen LogP contribution in [0.3, 0.4) is 0 Å². The highest BCUT2D eigenvalue weighted by Crippen LogP contribution is 2.13. The molecule has 1 heterocycles. The van der Waals surface area contributed by atoms with Crippen LogP contribution in [0.25, 0.3) is 0 Å². The Labute approximate surface area is 91.6 Å². The van der Waals surface area contributed by atoms with Gasteiger partial charge in [0, 0.05) is 11.7 Å². The third-order valence-corrected chi connectivity index (χ3v) is 1.97. The predicted octanol–water partition coefficient (Wildman–Crippen LogP) is 2.78. The van der Waals surface area contributed by atoms with E-state index in [1.54, 1.807) is 0 Å². The lowest BCUT2D eigenvalue weighted by molar-refractivity contribution is 0.640. The van der Waals surface area contributed by atoms with Crippen molar-refractivity contribution in [3.8, 4) is 0 Å². The van der Waals surface area contributed by atoms with E-state index in [2.05, 4.69) is 11.6 Å². The van der Waals surface area contributed by atoms with Crippen LogP contribution in [0, 0.1) is 6.92 Å². The van der Waals surface area contributed by atoms with E-state index < -0.39 is 0 Å². The Morgan fingerprint density at radius 1 is 1.57 bits per heavy atom. The van der Waals surface area contributed by atoms with Gasteiger partial charge in [-0.3, -0.25) is 4.98 Å². The van der Waals surface area contributed by atoms with Gasteiger partial charge in [-0.2, -0.15) is 0 Å². The van der Waals surface area contributed by atoms with Crippen molar-refractivity contribution in [1.82, 2.24) is 4.98 Å². The lowest BCUT2D eigenvalue weighted by atomic mass is 10.1. The van der Waals surface area contributed by atoms with E-state index in [1.807, 2.05) is 31.2 Å². The molecule has 0 aliphatic rings. The molecule has 78 valence electrons. The molecule has 0 aliphatic carbocycles. The van der Waals surface area contributed by atoms with Crippen LogP contribution < -0.4 is 5.73 Å². The highest BCUT2D eigenvalue weighted by molar-refractivity contribution is 5.85. The smallest absolute Gasteiger partial charge is 0.0574 e. The number of aromatic nitrogens is 1. The second-order valence-corrected chi connectivity index (χ2v) is 3.18. The number of pyridine rings is 1. The van der Waals surface area contributed by atoms with Crippen LogP contribution in [0.4, 0.5) is 0 Å². The molecule has 0 saturated carbocycles. The van der Waals surface area contributed by atoms with E-state index in [0.717, 1.165) is 24.2 Å². The van der Waals surface area contributed by atoms with E-state index in [-0.39, 0.29) is 18.4 Å². The largest absolute Gasteiger partial charge is 0.323 e. The van der Waals surface area contributed by atoms with Crippen LogP contribution >= 0.6 is 12.4 Å². The Kier molecular flexibility index (Phi) is 6.17. The predicted molar refractivity (Wildman–Crippen MR) is 62.6 cm³/mol. The average Bonchev–Trinajstić information content (AvgIpc) is 2.14. The Morgan fingerprint density at radius 3 is 2.86 bits per heavy atom. The molecular formula is C11H17ClN2. The Bertz CT molecular complexity index is 286. The van der Waals surface area contributed by atoms with Gasteiger partial charge in [-0.1, -0.05) is 12.1 Å². The summed E-state index contributed by atoms with van der Waals surface area (Å²) in [4.78, 5) is 4.37. The average molecular weight is 213 g/mol. The standard InChI is InChI=1S/C11H16N2.ClH/c1-3-4-7-10(12)11-8-5-6-9(2)13-11;/h3,5-6,8,10H,1,4,7,12H2,2H3;1H/t10-;/m1./s1. The summed E-state index contributed by atoms with van der Waals surface area (Å²) in [5, 5.41) is 0. The van der Waals surface area contributed by atoms with Gasteiger partial charge in [-0.15, -0.1) is 19.0 Å². The van der Waals surface area contributed by atoms with Crippen LogP contribution in [0.1, 0.15) is 30.3 Å². The normalized spacial score (nSPS) is 11.6. The molecule has 0 spiro atoms. The highest BCUT2D eigenvalue weighted by Gasteiger charge is 2.05. The molecule has 0 fully saturated rings. The van der Waals surface area contributed by atoms with Crippen molar-refractivity contribution in [3.05, 3.63) is 42.2 Å². The fraction of sp³-hybridized carbons (Fsp3) is 0.364. The molecule has 1 aromatic heterocycles. The van der Waals surface area contributed by atoms with Crippen molar-refractivity contribution in [3.63, 3.8) is 0 Å². The molecule has 0 unspecified atom stereocenters. The molecular weight excluding hydrogens is 196 g/mol. The number of rotatable bonds is 4. The summed E-state index contributed by atoms with van der Waals surface area (Å²) in [6.07, 6.45) is 3.74.